The van der Waals surface area contributed by atoms with Gasteiger partial charge in [0.1, 0.15) is 0 Å². The molecule has 4 bridgehead atoms. The van der Waals surface area contributed by atoms with Crippen molar-refractivity contribution in [3.63, 3.8) is 0 Å². The Balaban J connectivity index is 1.60. The lowest BCUT2D eigenvalue weighted by atomic mass is 9.72. The van der Waals surface area contributed by atoms with E-state index in [4.69, 9.17) is 4.98 Å². The summed E-state index contributed by atoms with van der Waals surface area (Å²) in [5, 5.41) is 0. The van der Waals surface area contributed by atoms with Gasteiger partial charge in [-0.05, 0) is 105 Å². The predicted molar refractivity (Wildman–Crippen MR) is 173 cm³/mol. The molecule has 1 atom stereocenters. The fourth-order valence-corrected chi connectivity index (χ4v) is 7.75. The van der Waals surface area contributed by atoms with Gasteiger partial charge in [-0.2, -0.15) is 0 Å². The van der Waals surface area contributed by atoms with Gasteiger partial charge in [0.15, 0.2) is 0 Å². The van der Waals surface area contributed by atoms with Crippen LogP contribution in [0.5, 0.6) is 0 Å². The number of hydrogen-bond donors (Lipinski definition) is 1. The van der Waals surface area contributed by atoms with Crippen LogP contribution in [0.15, 0.2) is 53.4 Å². The topological polar surface area (TPSA) is 92.3 Å². The number of aryl methyl sites for hydroxylation is 3. The van der Waals surface area contributed by atoms with E-state index in [0.29, 0.717) is 30.1 Å². The smallest absolute Gasteiger partial charge is 0.264 e. The molecule has 2 aromatic carbocycles. The molecule has 7 nitrogen and oxygen atoms in total. The maximum Gasteiger partial charge on any atom is 0.264 e. The second kappa shape index (κ2) is 12.4. The van der Waals surface area contributed by atoms with E-state index in [2.05, 4.69) is 37.4 Å². The molecule has 1 fully saturated rings. The molecule has 43 heavy (non-hydrogen) atoms. The molecule has 230 valence electrons. The molecule has 1 aromatic heterocycles. The number of nitrogens with zero attached hydrogens (tertiary/aromatic N) is 3. The second-order valence-corrected chi connectivity index (χ2v) is 15.5. The van der Waals surface area contributed by atoms with Crippen LogP contribution in [0.2, 0.25) is 0 Å². The van der Waals surface area contributed by atoms with Crippen molar-refractivity contribution in [2.24, 2.45) is 17.3 Å². The third-order valence-electron chi connectivity index (χ3n) is 9.11. The number of sulfonamides is 1. The highest BCUT2D eigenvalue weighted by Crippen LogP contribution is 2.39. The van der Waals surface area contributed by atoms with Crippen LogP contribution < -0.4 is 4.72 Å². The number of carbonyl (C=O) groups is 1. The summed E-state index contributed by atoms with van der Waals surface area (Å²) in [6.45, 7) is 13.6. The Morgan fingerprint density at radius 2 is 1.67 bits per heavy atom. The fraction of sp³-hybridized carbons (Fsp3) is 0.514. The van der Waals surface area contributed by atoms with Crippen molar-refractivity contribution in [2.75, 3.05) is 11.3 Å². The molecule has 1 aliphatic heterocycles. The Bertz CT molecular complexity index is 1570. The molecule has 0 saturated heterocycles. The highest BCUT2D eigenvalue weighted by Gasteiger charge is 2.33. The second-order valence-electron chi connectivity index (χ2n) is 13.8. The molecule has 8 heteroatoms. The van der Waals surface area contributed by atoms with E-state index in [9.17, 15) is 13.2 Å². The highest BCUT2D eigenvalue weighted by molar-refractivity contribution is 7.92. The number of aromatic nitrogens is 2. The van der Waals surface area contributed by atoms with E-state index in [1.807, 2.05) is 43.0 Å². The summed E-state index contributed by atoms with van der Waals surface area (Å²) in [6, 6.07) is 14.4. The number of benzene rings is 2. The summed E-state index contributed by atoms with van der Waals surface area (Å²) in [5.41, 5.74) is 4.94. The van der Waals surface area contributed by atoms with Gasteiger partial charge in [0, 0.05) is 29.4 Å². The molecule has 2 heterocycles. The summed E-state index contributed by atoms with van der Waals surface area (Å²) in [7, 11) is -4.04. The number of hydrogen-bond acceptors (Lipinski definition) is 5. The molecule has 1 N–H and O–H groups in total. The lowest BCUT2D eigenvalue weighted by Gasteiger charge is -2.40. The van der Waals surface area contributed by atoms with Crippen LogP contribution >= 0.6 is 0 Å². The lowest BCUT2D eigenvalue weighted by molar-refractivity contribution is 0.0566. The average Bonchev–Trinajstić information content (AvgIpc) is 2.91. The van der Waals surface area contributed by atoms with Gasteiger partial charge in [-0.25, -0.2) is 23.1 Å². The molecule has 0 radical (unpaired) electrons. The number of amides is 1. The maximum atomic E-state index is 14.2. The van der Waals surface area contributed by atoms with Crippen LogP contribution in [0.25, 0.3) is 11.3 Å². The minimum atomic E-state index is -4.04. The molecule has 0 unspecified atom stereocenters. The molecule has 0 spiro atoms. The Morgan fingerprint density at radius 1 is 0.977 bits per heavy atom. The largest absolute Gasteiger partial charge is 0.336 e. The van der Waals surface area contributed by atoms with Gasteiger partial charge in [0.05, 0.1) is 10.6 Å². The Hall–Kier alpha value is -3.26. The fourth-order valence-electron chi connectivity index (χ4n) is 6.76. The van der Waals surface area contributed by atoms with Crippen molar-refractivity contribution in [2.45, 2.75) is 97.4 Å². The van der Waals surface area contributed by atoms with Crippen molar-refractivity contribution in [3.8, 4) is 11.3 Å². The highest BCUT2D eigenvalue weighted by atomic mass is 32.2. The summed E-state index contributed by atoms with van der Waals surface area (Å²) < 4.78 is 29.8. The number of nitrogens with one attached hydrogen (secondary N) is 1. The Kier molecular flexibility index (Phi) is 8.98. The molecular weight excluding hydrogens is 556 g/mol. The molecule has 3 aromatic rings. The number of carbonyl (C=O) groups excluding carboxylic acids is 1. The zero-order valence-corrected chi connectivity index (χ0v) is 27.3. The van der Waals surface area contributed by atoms with Crippen LogP contribution in [0.3, 0.4) is 0 Å². The Labute approximate surface area is 257 Å². The summed E-state index contributed by atoms with van der Waals surface area (Å²) in [5.74, 6) is 1.38. The summed E-state index contributed by atoms with van der Waals surface area (Å²) in [6.07, 6.45) is 6.79. The van der Waals surface area contributed by atoms with Crippen LogP contribution in [0.1, 0.15) is 93.4 Å². The van der Waals surface area contributed by atoms with Crippen molar-refractivity contribution < 1.29 is 13.2 Å². The minimum absolute atomic E-state index is 0.00602. The summed E-state index contributed by atoms with van der Waals surface area (Å²) in [4.78, 5) is 25.7. The average molecular weight is 603 g/mol. The first-order valence-electron chi connectivity index (χ1n) is 15.7. The predicted octanol–water partition coefficient (Wildman–Crippen LogP) is 7.58. The maximum absolute atomic E-state index is 14.2. The first-order valence-corrected chi connectivity index (χ1v) is 17.2. The lowest BCUT2D eigenvalue weighted by Crippen LogP contribution is -2.44. The van der Waals surface area contributed by atoms with E-state index in [-0.39, 0.29) is 28.2 Å². The van der Waals surface area contributed by atoms with E-state index in [0.717, 1.165) is 47.6 Å². The first-order chi connectivity index (χ1) is 20.3. The van der Waals surface area contributed by atoms with E-state index in [1.54, 1.807) is 12.1 Å². The van der Waals surface area contributed by atoms with Crippen molar-refractivity contribution >= 4 is 21.9 Å². The normalized spacial score (nSPS) is 22.0. The molecule has 5 rings (SSSR count). The van der Waals surface area contributed by atoms with Gasteiger partial charge < -0.3 is 4.90 Å². The zero-order chi connectivity index (χ0) is 30.9. The van der Waals surface area contributed by atoms with Gasteiger partial charge in [-0.1, -0.05) is 58.4 Å². The first kappa shape index (κ1) is 31.2. The number of fused-ring (bicyclic) bond motifs is 4. The zero-order valence-electron chi connectivity index (χ0n) is 26.5. The van der Waals surface area contributed by atoms with Crippen LogP contribution in [-0.4, -0.2) is 41.8 Å². The number of anilines is 1. The third kappa shape index (κ3) is 7.28. The third-order valence-corrected chi connectivity index (χ3v) is 10.4. The van der Waals surface area contributed by atoms with Gasteiger partial charge in [0.2, 0.25) is 5.95 Å². The quantitative estimate of drug-likeness (QED) is 0.314. The standard InChI is InChI=1S/C35H46N4O3S/c1-7-25-18-26(19-25)16-17-39-29(22-35(4,5)6)15-14-28-21-31(32-23(2)10-8-11-24(32)3)37-34(36-28)38-43(41,42)30-13-9-12-27(20-30)33(39)40/h8-13,20-21,25-26,29H,7,14-19,22H2,1-6H3,(H,36,37,38)/t25?,26?,29-/m0/s1. The van der Waals surface area contributed by atoms with Crippen LogP contribution in [0, 0.1) is 31.1 Å². The molecular formula is C35H46N4O3S. The van der Waals surface area contributed by atoms with Gasteiger partial charge >= 0.3 is 0 Å². The Morgan fingerprint density at radius 3 is 2.35 bits per heavy atom. The van der Waals surface area contributed by atoms with Crippen LogP contribution in [0.4, 0.5) is 5.95 Å². The molecule has 1 amide bonds. The van der Waals surface area contributed by atoms with Crippen molar-refractivity contribution in [3.05, 3.63) is 70.9 Å². The monoisotopic (exact) mass is 602 g/mol. The molecule has 1 aliphatic carbocycles. The van der Waals surface area contributed by atoms with E-state index in [1.165, 1.54) is 31.4 Å². The molecule has 1 saturated carbocycles. The van der Waals surface area contributed by atoms with Gasteiger partial charge in [-0.3, -0.25) is 4.79 Å². The number of rotatable bonds is 6. The van der Waals surface area contributed by atoms with Crippen LogP contribution in [-0.2, 0) is 16.4 Å². The minimum Gasteiger partial charge on any atom is -0.336 e. The van der Waals surface area contributed by atoms with Gasteiger partial charge in [0.25, 0.3) is 15.9 Å². The van der Waals surface area contributed by atoms with E-state index < -0.39 is 10.0 Å². The van der Waals surface area contributed by atoms with Gasteiger partial charge in [-0.15, -0.1) is 0 Å². The molecule has 2 aliphatic rings. The van der Waals surface area contributed by atoms with Crippen molar-refractivity contribution in [1.82, 2.24) is 14.9 Å². The van der Waals surface area contributed by atoms with E-state index >= 15 is 0 Å². The summed E-state index contributed by atoms with van der Waals surface area (Å²) >= 11 is 0. The van der Waals surface area contributed by atoms with Crippen molar-refractivity contribution in [1.29, 1.82) is 0 Å². The SMILES string of the molecule is CCC1CC(CCN2C(=O)c3cccc(c3)S(=O)(=O)Nc3nc(cc(-c4c(C)cccc4C)n3)CC[C@H]2CC(C)(C)C)C1.